The Balaban J connectivity index is 1.46. The van der Waals surface area contributed by atoms with Crippen LogP contribution < -0.4 is 5.32 Å². The van der Waals surface area contributed by atoms with Crippen LogP contribution in [0.2, 0.25) is 5.02 Å². The molecule has 5 rings (SSSR count). The Morgan fingerprint density at radius 2 is 2.00 bits per heavy atom. The van der Waals surface area contributed by atoms with Gasteiger partial charge in [0, 0.05) is 49.7 Å². The highest BCUT2D eigenvalue weighted by atomic mass is 35.5. The first-order chi connectivity index (χ1) is 15.9. The second-order valence-corrected chi connectivity index (χ2v) is 9.58. The molecule has 1 aromatic carbocycles. The van der Waals surface area contributed by atoms with E-state index in [9.17, 15) is 9.59 Å². The summed E-state index contributed by atoms with van der Waals surface area (Å²) in [6, 6.07) is 9.38. The number of pyridine rings is 1. The summed E-state index contributed by atoms with van der Waals surface area (Å²) in [5, 5.41) is 9.05. The van der Waals surface area contributed by atoms with Crippen molar-refractivity contribution in [1.29, 1.82) is 0 Å². The predicted octanol–water partition coefficient (Wildman–Crippen LogP) is 3.81. The molecule has 1 saturated carbocycles. The third-order valence-corrected chi connectivity index (χ3v) is 6.95. The molecule has 3 heterocycles. The lowest BCUT2D eigenvalue weighted by atomic mass is 9.91. The number of rotatable bonds is 5. The molecule has 33 heavy (non-hydrogen) atoms. The first-order valence-electron chi connectivity index (χ1n) is 11.6. The number of amides is 2. The normalized spacial score (nSPS) is 18.5. The molecule has 8 heteroatoms. The van der Waals surface area contributed by atoms with Crippen LogP contribution in [0.15, 0.2) is 30.3 Å². The fourth-order valence-electron chi connectivity index (χ4n) is 4.84. The minimum Gasteiger partial charge on any atom is -0.355 e. The van der Waals surface area contributed by atoms with Crippen molar-refractivity contribution < 1.29 is 9.59 Å². The van der Waals surface area contributed by atoms with Gasteiger partial charge >= 0.3 is 0 Å². The molecular weight excluding hydrogens is 438 g/mol. The lowest BCUT2D eigenvalue weighted by molar-refractivity contribution is -0.131. The first kappa shape index (κ1) is 21.9. The number of aromatic nitrogens is 3. The van der Waals surface area contributed by atoms with Gasteiger partial charge in [0.2, 0.25) is 5.91 Å². The third-order valence-electron chi connectivity index (χ3n) is 6.71. The van der Waals surface area contributed by atoms with E-state index in [4.69, 9.17) is 21.7 Å². The molecule has 1 aliphatic heterocycles. The molecular formula is C25H28ClN5O2. The number of hydrogen-bond acceptors (Lipinski definition) is 4. The number of likely N-dealkylation sites (tertiary alicyclic amines) is 1. The van der Waals surface area contributed by atoms with Gasteiger partial charge in [0.25, 0.3) is 5.91 Å². The van der Waals surface area contributed by atoms with Crippen LogP contribution in [-0.4, -0.2) is 51.6 Å². The first-order valence-corrected chi connectivity index (χ1v) is 11.9. The van der Waals surface area contributed by atoms with E-state index in [-0.39, 0.29) is 17.7 Å². The van der Waals surface area contributed by atoms with Gasteiger partial charge < -0.3 is 10.2 Å². The maximum absolute atomic E-state index is 13.1. The molecule has 1 unspecified atom stereocenters. The van der Waals surface area contributed by atoms with Crippen molar-refractivity contribution in [2.24, 2.45) is 7.05 Å². The molecule has 0 bridgehead atoms. The molecule has 2 fully saturated rings. The molecule has 2 amide bonds. The fourth-order valence-corrected chi connectivity index (χ4v) is 5.06. The van der Waals surface area contributed by atoms with Crippen LogP contribution in [0.5, 0.6) is 0 Å². The molecule has 7 nitrogen and oxygen atoms in total. The Morgan fingerprint density at radius 1 is 1.18 bits per heavy atom. The van der Waals surface area contributed by atoms with Crippen molar-refractivity contribution in [3.63, 3.8) is 0 Å². The highest BCUT2D eigenvalue weighted by Crippen LogP contribution is 2.41. The quantitative estimate of drug-likeness (QED) is 0.621. The number of halogens is 1. The molecule has 0 spiro atoms. The van der Waals surface area contributed by atoms with E-state index >= 15 is 0 Å². The van der Waals surface area contributed by atoms with Crippen LogP contribution in [0.3, 0.4) is 0 Å². The van der Waals surface area contributed by atoms with E-state index in [0.29, 0.717) is 29.5 Å². The second kappa shape index (κ2) is 8.78. The molecule has 0 radical (unpaired) electrons. The second-order valence-electron chi connectivity index (χ2n) is 9.14. The summed E-state index contributed by atoms with van der Waals surface area (Å²) in [6.07, 6.45) is 4.37. The minimum absolute atomic E-state index is 0.0581. The SMILES string of the molecule is CNC(=O)c1cc(C2CC2)nc2c1c(C1CCCN(C(=O)Cc3cccc(Cl)c3)C1)nn2C. The molecule has 172 valence electrons. The van der Waals surface area contributed by atoms with Gasteiger partial charge in [0.05, 0.1) is 23.1 Å². The smallest absolute Gasteiger partial charge is 0.251 e. The van der Waals surface area contributed by atoms with E-state index in [1.54, 1.807) is 11.7 Å². The van der Waals surface area contributed by atoms with Crippen LogP contribution in [0.1, 0.15) is 64.8 Å². The van der Waals surface area contributed by atoms with E-state index in [1.165, 1.54) is 0 Å². The highest BCUT2D eigenvalue weighted by molar-refractivity contribution is 6.30. The summed E-state index contributed by atoms with van der Waals surface area (Å²) in [5.74, 6) is 0.458. The summed E-state index contributed by atoms with van der Waals surface area (Å²) in [6.45, 7) is 1.32. The largest absolute Gasteiger partial charge is 0.355 e. The zero-order chi connectivity index (χ0) is 23.1. The number of nitrogens with one attached hydrogen (secondary N) is 1. The van der Waals surface area contributed by atoms with Crippen LogP contribution >= 0.6 is 11.6 Å². The average Bonchev–Trinajstić information content (AvgIpc) is 3.62. The molecule has 2 aliphatic rings. The number of carbonyl (C=O) groups excluding carboxylic acids is 2. The zero-order valence-electron chi connectivity index (χ0n) is 19.0. The number of piperidine rings is 1. The van der Waals surface area contributed by atoms with Crippen molar-refractivity contribution in [3.05, 3.63) is 57.9 Å². The van der Waals surface area contributed by atoms with Crippen LogP contribution in [-0.2, 0) is 18.3 Å². The summed E-state index contributed by atoms with van der Waals surface area (Å²) < 4.78 is 1.79. The number of nitrogens with zero attached hydrogens (tertiary/aromatic N) is 4. The van der Waals surface area contributed by atoms with Gasteiger partial charge in [0.15, 0.2) is 5.65 Å². The van der Waals surface area contributed by atoms with Gasteiger partial charge in [-0.05, 0) is 49.4 Å². The standard InChI is InChI=1S/C25H28ClN5O2/c1-27-25(33)19-13-20(16-8-9-16)28-24-22(19)23(29-30(24)2)17-6-4-10-31(14-17)21(32)12-15-5-3-7-18(26)11-15/h3,5,7,11,13,16-17H,4,6,8-10,12,14H2,1-2H3,(H,27,33). The molecule has 1 N–H and O–H groups in total. The van der Waals surface area contributed by atoms with Crippen molar-refractivity contribution in [1.82, 2.24) is 25.0 Å². The molecule has 1 aliphatic carbocycles. The number of benzene rings is 1. The van der Waals surface area contributed by atoms with Gasteiger partial charge in [-0.15, -0.1) is 0 Å². The fraction of sp³-hybridized carbons (Fsp3) is 0.440. The van der Waals surface area contributed by atoms with Crippen molar-refractivity contribution in [3.8, 4) is 0 Å². The lowest BCUT2D eigenvalue weighted by Gasteiger charge is -2.32. The monoisotopic (exact) mass is 465 g/mol. The van der Waals surface area contributed by atoms with Gasteiger partial charge in [-0.25, -0.2) is 4.98 Å². The topological polar surface area (TPSA) is 80.1 Å². The van der Waals surface area contributed by atoms with Crippen molar-refractivity contribution >= 4 is 34.4 Å². The Morgan fingerprint density at radius 3 is 2.73 bits per heavy atom. The summed E-state index contributed by atoms with van der Waals surface area (Å²) >= 11 is 6.09. The Labute approximate surface area is 198 Å². The van der Waals surface area contributed by atoms with E-state index in [2.05, 4.69) is 5.32 Å². The van der Waals surface area contributed by atoms with Gasteiger partial charge in [0.1, 0.15) is 0 Å². The van der Waals surface area contributed by atoms with E-state index in [1.807, 2.05) is 42.3 Å². The summed E-state index contributed by atoms with van der Waals surface area (Å²) in [4.78, 5) is 32.7. The molecule has 1 atom stereocenters. The van der Waals surface area contributed by atoms with E-state index < -0.39 is 0 Å². The summed E-state index contributed by atoms with van der Waals surface area (Å²) in [5.41, 5.74) is 4.13. The minimum atomic E-state index is -0.122. The average molecular weight is 466 g/mol. The maximum atomic E-state index is 13.1. The van der Waals surface area contributed by atoms with E-state index in [0.717, 1.165) is 60.2 Å². The Hall–Kier alpha value is -2.93. The van der Waals surface area contributed by atoms with Crippen LogP contribution in [0, 0.1) is 0 Å². The maximum Gasteiger partial charge on any atom is 0.251 e. The number of fused-ring (bicyclic) bond motifs is 1. The van der Waals surface area contributed by atoms with Crippen LogP contribution in [0.4, 0.5) is 0 Å². The zero-order valence-corrected chi connectivity index (χ0v) is 19.7. The molecule has 1 saturated heterocycles. The number of aryl methyl sites for hydroxylation is 1. The lowest BCUT2D eigenvalue weighted by Crippen LogP contribution is -2.40. The summed E-state index contributed by atoms with van der Waals surface area (Å²) in [7, 11) is 3.53. The van der Waals surface area contributed by atoms with Crippen molar-refractivity contribution in [2.75, 3.05) is 20.1 Å². The Bertz CT molecular complexity index is 1230. The van der Waals surface area contributed by atoms with Gasteiger partial charge in [-0.3, -0.25) is 14.3 Å². The molecule has 2 aromatic heterocycles. The van der Waals surface area contributed by atoms with Crippen molar-refractivity contribution in [2.45, 2.75) is 43.9 Å². The van der Waals surface area contributed by atoms with Gasteiger partial charge in [-0.2, -0.15) is 5.10 Å². The van der Waals surface area contributed by atoms with Gasteiger partial charge in [-0.1, -0.05) is 23.7 Å². The number of hydrogen-bond donors (Lipinski definition) is 1. The highest BCUT2D eigenvalue weighted by Gasteiger charge is 2.32. The number of carbonyl (C=O) groups is 2. The van der Waals surface area contributed by atoms with Crippen LogP contribution in [0.25, 0.3) is 11.0 Å². The Kier molecular flexibility index (Phi) is 5.83. The predicted molar refractivity (Wildman–Crippen MR) is 128 cm³/mol. The third kappa shape index (κ3) is 4.34. The molecule has 3 aromatic rings.